The molecule has 2 atom stereocenters. The van der Waals surface area contributed by atoms with Gasteiger partial charge in [0.1, 0.15) is 11.5 Å². The normalized spacial score (nSPS) is 23.6. The van der Waals surface area contributed by atoms with Gasteiger partial charge in [0.2, 0.25) is 0 Å². The second-order valence-corrected chi connectivity index (χ2v) is 5.82. The number of cyclic esters (lactones) is 1. The minimum Gasteiger partial charge on any atom is -0.468 e. The van der Waals surface area contributed by atoms with Gasteiger partial charge in [0, 0.05) is 0 Å². The topological polar surface area (TPSA) is 52.6 Å². The Balaban J connectivity index is 2.40. The van der Waals surface area contributed by atoms with E-state index < -0.39 is 23.5 Å². The SMILES string of the molecule is C=C(/C=C\C=C/C)[C@@H]1OC(=O)C[C@]1(Cc1ccccc1)C(=O)OC. The molecule has 1 heterocycles. The first-order valence-corrected chi connectivity index (χ1v) is 7.83. The Morgan fingerprint density at radius 3 is 2.71 bits per heavy atom. The standard InChI is InChI=1S/C20H22O4/c1-4-5-7-10-15(2)18-20(19(22)23-3,14-17(21)24-18)13-16-11-8-6-9-12-16/h4-12,18H,2,13-14H2,1,3H3/b5-4-,10-7-/t18-,20-/m0/s1. The number of benzene rings is 1. The monoisotopic (exact) mass is 326 g/mol. The first-order chi connectivity index (χ1) is 11.5. The van der Waals surface area contributed by atoms with Gasteiger partial charge in [-0.15, -0.1) is 0 Å². The van der Waals surface area contributed by atoms with Crippen molar-refractivity contribution in [1.82, 2.24) is 0 Å². The maximum Gasteiger partial charge on any atom is 0.316 e. The molecule has 0 saturated carbocycles. The summed E-state index contributed by atoms with van der Waals surface area (Å²) in [6, 6.07) is 9.54. The average molecular weight is 326 g/mol. The Labute approximate surface area is 142 Å². The van der Waals surface area contributed by atoms with Crippen LogP contribution in [0.4, 0.5) is 0 Å². The van der Waals surface area contributed by atoms with Crippen LogP contribution in [-0.2, 0) is 25.5 Å². The molecule has 1 fully saturated rings. The van der Waals surface area contributed by atoms with Crippen molar-refractivity contribution in [2.24, 2.45) is 5.41 Å². The smallest absolute Gasteiger partial charge is 0.316 e. The van der Waals surface area contributed by atoms with Crippen molar-refractivity contribution in [1.29, 1.82) is 0 Å². The second kappa shape index (κ2) is 7.77. The first kappa shape index (κ1) is 17.7. The van der Waals surface area contributed by atoms with Crippen LogP contribution in [0.2, 0.25) is 0 Å². The number of carbonyl (C=O) groups is 2. The molecule has 4 nitrogen and oxygen atoms in total. The predicted molar refractivity (Wildman–Crippen MR) is 92.2 cm³/mol. The van der Waals surface area contributed by atoms with Gasteiger partial charge in [-0.05, 0) is 24.5 Å². The first-order valence-electron chi connectivity index (χ1n) is 7.83. The summed E-state index contributed by atoms with van der Waals surface area (Å²) in [6.07, 6.45) is 6.88. The van der Waals surface area contributed by atoms with E-state index in [1.165, 1.54) is 7.11 Å². The largest absolute Gasteiger partial charge is 0.468 e. The molecule has 0 radical (unpaired) electrons. The van der Waals surface area contributed by atoms with Crippen LogP contribution >= 0.6 is 0 Å². The Kier molecular flexibility index (Phi) is 5.74. The summed E-state index contributed by atoms with van der Waals surface area (Å²) in [7, 11) is 1.33. The molecule has 1 aromatic rings. The highest BCUT2D eigenvalue weighted by molar-refractivity contribution is 5.88. The molecule has 0 spiro atoms. The third-order valence-corrected chi connectivity index (χ3v) is 4.12. The Bertz CT molecular complexity index is 672. The summed E-state index contributed by atoms with van der Waals surface area (Å²) >= 11 is 0. The molecule has 1 aliphatic rings. The summed E-state index contributed by atoms with van der Waals surface area (Å²) in [6.45, 7) is 5.89. The quantitative estimate of drug-likeness (QED) is 0.594. The molecule has 0 N–H and O–H groups in total. The molecule has 4 heteroatoms. The molecule has 0 aromatic heterocycles. The van der Waals surface area contributed by atoms with Crippen LogP contribution < -0.4 is 0 Å². The van der Waals surface area contributed by atoms with Crippen molar-refractivity contribution in [2.75, 3.05) is 7.11 Å². The highest BCUT2D eigenvalue weighted by Crippen LogP contribution is 2.43. The summed E-state index contributed by atoms with van der Waals surface area (Å²) in [5.74, 6) is -0.871. The number of hydrogen-bond donors (Lipinski definition) is 0. The number of ether oxygens (including phenoxy) is 2. The maximum atomic E-state index is 12.6. The number of esters is 2. The van der Waals surface area contributed by atoms with E-state index >= 15 is 0 Å². The van der Waals surface area contributed by atoms with Crippen LogP contribution in [-0.4, -0.2) is 25.2 Å². The van der Waals surface area contributed by atoms with Gasteiger partial charge in [-0.3, -0.25) is 9.59 Å². The van der Waals surface area contributed by atoms with Crippen LogP contribution in [0.5, 0.6) is 0 Å². The lowest BCUT2D eigenvalue weighted by Crippen LogP contribution is -2.42. The summed E-state index contributed by atoms with van der Waals surface area (Å²) in [5.41, 5.74) is 0.418. The van der Waals surface area contributed by atoms with E-state index in [0.29, 0.717) is 12.0 Å². The van der Waals surface area contributed by atoms with Gasteiger partial charge in [0.05, 0.1) is 13.5 Å². The van der Waals surface area contributed by atoms with Gasteiger partial charge in [-0.2, -0.15) is 0 Å². The Morgan fingerprint density at radius 1 is 1.38 bits per heavy atom. The lowest BCUT2D eigenvalue weighted by atomic mass is 9.73. The molecule has 1 aliphatic heterocycles. The molecule has 2 rings (SSSR count). The van der Waals surface area contributed by atoms with Crippen molar-refractivity contribution in [2.45, 2.75) is 25.9 Å². The van der Waals surface area contributed by atoms with E-state index in [4.69, 9.17) is 9.47 Å². The van der Waals surface area contributed by atoms with Crippen molar-refractivity contribution < 1.29 is 19.1 Å². The highest BCUT2D eigenvalue weighted by atomic mass is 16.6. The molecule has 126 valence electrons. The molecule has 0 unspecified atom stereocenters. The van der Waals surface area contributed by atoms with Gasteiger partial charge in [-0.25, -0.2) is 0 Å². The van der Waals surface area contributed by atoms with Crippen molar-refractivity contribution >= 4 is 11.9 Å². The highest BCUT2D eigenvalue weighted by Gasteiger charge is 2.56. The molecule has 1 aromatic carbocycles. The van der Waals surface area contributed by atoms with E-state index in [9.17, 15) is 9.59 Å². The minimum absolute atomic E-state index is 0.0181. The van der Waals surface area contributed by atoms with Gasteiger partial charge < -0.3 is 9.47 Å². The van der Waals surface area contributed by atoms with Gasteiger partial charge in [0.15, 0.2) is 0 Å². The lowest BCUT2D eigenvalue weighted by Gasteiger charge is -2.30. The summed E-state index contributed by atoms with van der Waals surface area (Å²) in [5, 5.41) is 0. The van der Waals surface area contributed by atoms with Crippen LogP contribution in [0, 0.1) is 5.41 Å². The van der Waals surface area contributed by atoms with Gasteiger partial charge in [-0.1, -0.05) is 61.2 Å². The zero-order valence-corrected chi connectivity index (χ0v) is 14.0. The van der Waals surface area contributed by atoms with E-state index in [1.807, 2.05) is 49.4 Å². The Morgan fingerprint density at radius 2 is 2.08 bits per heavy atom. The fourth-order valence-electron chi connectivity index (χ4n) is 3.01. The zero-order valence-electron chi connectivity index (χ0n) is 14.0. The fraction of sp³-hybridized carbons (Fsp3) is 0.300. The fourth-order valence-corrected chi connectivity index (χ4v) is 3.01. The minimum atomic E-state index is -1.09. The van der Waals surface area contributed by atoms with Crippen molar-refractivity contribution in [3.8, 4) is 0 Å². The van der Waals surface area contributed by atoms with E-state index in [-0.39, 0.29) is 6.42 Å². The van der Waals surface area contributed by atoms with Crippen molar-refractivity contribution in [3.05, 3.63) is 72.4 Å². The van der Waals surface area contributed by atoms with E-state index in [2.05, 4.69) is 6.58 Å². The van der Waals surface area contributed by atoms with Gasteiger partial charge in [0.25, 0.3) is 0 Å². The summed E-state index contributed by atoms with van der Waals surface area (Å²) in [4.78, 5) is 24.6. The third kappa shape index (κ3) is 3.65. The number of rotatable bonds is 6. The van der Waals surface area contributed by atoms with Gasteiger partial charge >= 0.3 is 11.9 Å². The number of hydrogen-bond acceptors (Lipinski definition) is 4. The van der Waals surface area contributed by atoms with E-state index in [0.717, 1.165) is 5.56 Å². The Hall–Kier alpha value is -2.62. The predicted octanol–water partition coefficient (Wildman–Crippen LogP) is 3.39. The number of allylic oxidation sites excluding steroid dienone is 3. The lowest BCUT2D eigenvalue weighted by molar-refractivity contribution is -0.155. The molecule has 0 bridgehead atoms. The van der Waals surface area contributed by atoms with Crippen LogP contribution in [0.15, 0.2) is 66.8 Å². The second-order valence-electron chi connectivity index (χ2n) is 5.82. The summed E-state index contributed by atoms with van der Waals surface area (Å²) < 4.78 is 10.5. The molecule has 0 amide bonds. The number of carbonyl (C=O) groups excluding carboxylic acids is 2. The van der Waals surface area contributed by atoms with Crippen LogP contribution in [0.1, 0.15) is 18.9 Å². The maximum absolute atomic E-state index is 12.6. The molecule has 24 heavy (non-hydrogen) atoms. The average Bonchev–Trinajstić information content (AvgIpc) is 2.92. The molecule has 1 saturated heterocycles. The van der Waals surface area contributed by atoms with Crippen LogP contribution in [0.25, 0.3) is 0 Å². The molecular formula is C20H22O4. The van der Waals surface area contributed by atoms with E-state index in [1.54, 1.807) is 12.2 Å². The third-order valence-electron chi connectivity index (χ3n) is 4.12. The molecule has 0 aliphatic carbocycles. The molecular weight excluding hydrogens is 304 g/mol. The number of methoxy groups -OCH3 is 1. The zero-order chi connectivity index (χ0) is 17.6. The van der Waals surface area contributed by atoms with Crippen molar-refractivity contribution in [3.63, 3.8) is 0 Å². The van der Waals surface area contributed by atoms with Crippen LogP contribution in [0.3, 0.4) is 0 Å².